The smallest absolute Gasteiger partial charge is 0.242 e. The fraction of sp³-hybridized carbons (Fsp3) is 0.857. The summed E-state index contributed by atoms with van der Waals surface area (Å²) in [6, 6.07) is -0.631. The zero-order chi connectivity index (χ0) is 15.4. The number of amides is 2. The second kappa shape index (κ2) is 6.54. The maximum Gasteiger partial charge on any atom is 0.242 e. The molecule has 1 aliphatic heterocycles. The first-order valence-corrected chi connectivity index (χ1v) is 7.02. The van der Waals surface area contributed by atoms with Gasteiger partial charge in [-0.25, -0.2) is 0 Å². The van der Waals surface area contributed by atoms with E-state index in [-0.39, 0.29) is 18.4 Å². The fourth-order valence-corrected chi connectivity index (χ4v) is 1.93. The highest BCUT2D eigenvalue weighted by Crippen LogP contribution is 2.20. The predicted octanol–water partition coefficient (Wildman–Crippen LogP) is 0.195. The number of carbonyl (C=O) groups is 2. The van der Waals surface area contributed by atoms with Crippen LogP contribution in [0.25, 0.3) is 0 Å². The van der Waals surface area contributed by atoms with E-state index in [0.717, 1.165) is 0 Å². The van der Waals surface area contributed by atoms with Gasteiger partial charge >= 0.3 is 0 Å². The van der Waals surface area contributed by atoms with Crippen LogP contribution in [-0.2, 0) is 14.3 Å². The van der Waals surface area contributed by atoms with Crippen molar-refractivity contribution < 1.29 is 19.4 Å². The average Bonchev–Trinajstić information content (AvgIpc) is 2.38. The highest BCUT2D eigenvalue weighted by Gasteiger charge is 2.35. The summed E-state index contributed by atoms with van der Waals surface area (Å²) in [4.78, 5) is 24.0. The van der Waals surface area contributed by atoms with Crippen molar-refractivity contribution in [2.45, 2.75) is 52.1 Å². The average molecular weight is 286 g/mol. The first kappa shape index (κ1) is 16.9. The number of aliphatic hydroxyl groups excluding tert-OH is 1. The van der Waals surface area contributed by atoms with Crippen LogP contribution >= 0.6 is 0 Å². The predicted molar refractivity (Wildman–Crippen MR) is 75.1 cm³/mol. The molecule has 20 heavy (non-hydrogen) atoms. The van der Waals surface area contributed by atoms with E-state index in [9.17, 15) is 14.7 Å². The van der Waals surface area contributed by atoms with E-state index in [0.29, 0.717) is 26.1 Å². The maximum atomic E-state index is 12.2. The SMILES string of the molecule is CC(NC(=O)C(C)(C)C)C(=O)NC1(CO)CCOCC1. The van der Waals surface area contributed by atoms with Crippen molar-refractivity contribution in [3.8, 4) is 0 Å². The van der Waals surface area contributed by atoms with E-state index in [1.54, 1.807) is 27.7 Å². The van der Waals surface area contributed by atoms with Crippen molar-refractivity contribution in [2.24, 2.45) is 5.41 Å². The van der Waals surface area contributed by atoms with Crippen LogP contribution in [-0.4, -0.2) is 48.3 Å². The molecule has 0 aromatic carbocycles. The summed E-state index contributed by atoms with van der Waals surface area (Å²) in [5, 5.41) is 15.1. The monoisotopic (exact) mass is 286 g/mol. The lowest BCUT2D eigenvalue weighted by Crippen LogP contribution is -2.59. The third-order valence-electron chi connectivity index (χ3n) is 3.56. The van der Waals surface area contributed by atoms with Gasteiger partial charge in [0.1, 0.15) is 6.04 Å². The zero-order valence-electron chi connectivity index (χ0n) is 12.8. The number of rotatable bonds is 4. The van der Waals surface area contributed by atoms with Crippen LogP contribution in [0.1, 0.15) is 40.5 Å². The van der Waals surface area contributed by atoms with Gasteiger partial charge in [0.25, 0.3) is 0 Å². The molecule has 0 saturated carbocycles. The van der Waals surface area contributed by atoms with Crippen molar-refractivity contribution in [2.75, 3.05) is 19.8 Å². The number of hydrogen-bond donors (Lipinski definition) is 3. The number of hydrogen-bond acceptors (Lipinski definition) is 4. The molecule has 1 atom stereocenters. The topological polar surface area (TPSA) is 87.7 Å². The molecule has 3 N–H and O–H groups in total. The lowest BCUT2D eigenvalue weighted by Gasteiger charge is -2.37. The Balaban J connectivity index is 2.58. The molecule has 116 valence electrons. The van der Waals surface area contributed by atoms with Crippen molar-refractivity contribution in [1.29, 1.82) is 0 Å². The van der Waals surface area contributed by atoms with Crippen molar-refractivity contribution >= 4 is 11.8 Å². The van der Waals surface area contributed by atoms with E-state index in [4.69, 9.17) is 4.74 Å². The van der Waals surface area contributed by atoms with E-state index in [2.05, 4.69) is 10.6 Å². The molecule has 1 heterocycles. The van der Waals surface area contributed by atoms with Crippen molar-refractivity contribution in [3.05, 3.63) is 0 Å². The summed E-state index contributed by atoms with van der Waals surface area (Å²) >= 11 is 0. The molecule has 0 aromatic rings. The van der Waals surface area contributed by atoms with Gasteiger partial charge in [-0.1, -0.05) is 20.8 Å². The minimum absolute atomic E-state index is 0.123. The number of carbonyl (C=O) groups excluding carboxylic acids is 2. The summed E-state index contributed by atoms with van der Waals surface area (Å²) in [7, 11) is 0. The molecule has 0 aromatic heterocycles. The van der Waals surface area contributed by atoms with Gasteiger partial charge in [-0.05, 0) is 19.8 Å². The van der Waals surface area contributed by atoms with E-state index in [1.807, 2.05) is 0 Å². The van der Waals surface area contributed by atoms with Gasteiger partial charge in [0.05, 0.1) is 12.1 Å². The number of ether oxygens (including phenoxy) is 1. The molecule has 0 spiro atoms. The Kier molecular flexibility index (Phi) is 5.53. The highest BCUT2D eigenvalue weighted by molar-refractivity contribution is 5.89. The molecule has 6 nitrogen and oxygen atoms in total. The van der Waals surface area contributed by atoms with Crippen LogP contribution in [0.15, 0.2) is 0 Å². The molecule has 2 amide bonds. The van der Waals surface area contributed by atoms with E-state index >= 15 is 0 Å². The van der Waals surface area contributed by atoms with Crippen LogP contribution < -0.4 is 10.6 Å². The van der Waals surface area contributed by atoms with Crippen LogP contribution in [0.4, 0.5) is 0 Å². The molecule has 6 heteroatoms. The van der Waals surface area contributed by atoms with Gasteiger partial charge in [-0.2, -0.15) is 0 Å². The second-order valence-electron chi connectivity index (χ2n) is 6.49. The Morgan fingerprint density at radius 3 is 2.30 bits per heavy atom. The first-order chi connectivity index (χ1) is 9.20. The molecule has 1 fully saturated rings. The Morgan fingerprint density at radius 1 is 1.30 bits per heavy atom. The van der Waals surface area contributed by atoms with Crippen molar-refractivity contribution in [1.82, 2.24) is 10.6 Å². The fourth-order valence-electron chi connectivity index (χ4n) is 1.93. The minimum atomic E-state index is -0.631. The summed E-state index contributed by atoms with van der Waals surface area (Å²) in [5.74, 6) is -0.455. The lowest BCUT2D eigenvalue weighted by molar-refractivity contribution is -0.134. The van der Waals surface area contributed by atoms with E-state index in [1.165, 1.54) is 0 Å². The summed E-state index contributed by atoms with van der Waals surface area (Å²) < 4.78 is 5.25. The molecule has 1 unspecified atom stereocenters. The summed E-state index contributed by atoms with van der Waals surface area (Å²) in [6.07, 6.45) is 1.16. The maximum absolute atomic E-state index is 12.2. The Hall–Kier alpha value is -1.14. The van der Waals surface area contributed by atoms with Crippen LogP contribution in [0.2, 0.25) is 0 Å². The highest BCUT2D eigenvalue weighted by atomic mass is 16.5. The molecule has 0 bridgehead atoms. The van der Waals surface area contributed by atoms with Gasteiger partial charge < -0.3 is 20.5 Å². The van der Waals surface area contributed by atoms with Crippen LogP contribution in [0.5, 0.6) is 0 Å². The molecular weight excluding hydrogens is 260 g/mol. The largest absolute Gasteiger partial charge is 0.394 e. The van der Waals surface area contributed by atoms with Crippen LogP contribution in [0.3, 0.4) is 0 Å². The van der Waals surface area contributed by atoms with Crippen molar-refractivity contribution in [3.63, 3.8) is 0 Å². The molecule has 0 aliphatic carbocycles. The molecule has 1 saturated heterocycles. The number of nitrogens with one attached hydrogen (secondary N) is 2. The Morgan fingerprint density at radius 2 is 1.85 bits per heavy atom. The van der Waals surface area contributed by atoms with E-state index < -0.39 is 17.0 Å². The standard InChI is InChI=1S/C14H26N2O4/c1-10(15-12(19)13(2,3)4)11(18)16-14(9-17)5-7-20-8-6-14/h10,17H,5-9H2,1-4H3,(H,15,19)(H,16,18). The summed E-state index contributed by atoms with van der Waals surface area (Å²) in [6.45, 7) is 7.93. The van der Waals surface area contributed by atoms with Gasteiger partial charge in [-0.3, -0.25) is 9.59 Å². The van der Waals surface area contributed by atoms with Gasteiger partial charge in [0.15, 0.2) is 0 Å². The quantitative estimate of drug-likeness (QED) is 0.688. The third-order valence-corrected chi connectivity index (χ3v) is 3.56. The van der Waals surface area contributed by atoms with Gasteiger partial charge in [0.2, 0.25) is 11.8 Å². The zero-order valence-corrected chi connectivity index (χ0v) is 12.8. The molecule has 0 radical (unpaired) electrons. The van der Waals surface area contributed by atoms with Crippen LogP contribution in [0, 0.1) is 5.41 Å². The number of aliphatic hydroxyl groups is 1. The first-order valence-electron chi connectivity index (χ1n) is 7.02. The Labute approximate surface area is 120 Å². The Bertz CT molecular complexity index is 357. The second-order valence-corrected chi connectivity index (χ2v) is 6.49. The lowest BCUT2D eigenvalue weighted by atomic mass is 9.90. The third kappa shape index (κ3) is 4.45. The normalized spacial score (nSPS) is 20.1. The minimum Gasteiger partial charge on any atom is -0.394 e. The molecule has 1 aliphatic rings. The summed E-state index contributed by atoms with van der Waals surface area (Å²) in [5.41, 5.74) is -1.17. The van der Waals surface area contributed by atoms with Gasteiger partial charge in [-0.15, -0.1) is 0 Å². The molecular formula is C14H26N2O4. The molecule has 1 rings (SSSR count). The van der Waals surface area contributed by atoms with Gasteiger partial charge in [0, 0.05) is 18.6 Å².